The molecule has 1 aromatic heterocycles. The number of halogens is 1. The van der Waals surface area contributed by atoms with E-state index >= 15 is 0 Å². The molecule has 1 aliphatic heterocycles. The van der Waals surface area contributed by atoms with E-state index in [2.05, 4.69) is 4.99 Å². The number of thiazole rings is 1. The monoisotopic (exact) mass is 464 g/mol. The fourth-order valence-corrected chi connectivity index (χ4v) is 4.78. The predicted molar refractivity (Wildman–Crippen MR) is 128 cm³/mol. The Bertz CT molecular complexity index is 1400. The number of carbonyl (C=O) groups excluding carboxylic acids is 1. The maximum absolute atomic E-state index is 13.4. The maximum Gasteiger partial charge on any atom is 0.338 e. The van der Waals surface area contributed by atoms with Crippen LogP contribution in [0, 0.1) is 0 Å². The van der Waals surface area contributed by atoms with Gasteiger partial charge >= 0.3 is 5.97 Å². The molecule has 0 fully saturated rings. The van der Waals surface area contributed by atoms with E-state index < -0.39 is 12.0 Å². The number of rotatable bonds is 5. The molecule has 0 saturated carbocycles. The molecule has 1 aliphatic rings. The highest BCUT2D eigenvalue weighted by Crippen LogP contribution is 2.26. The van der Waals surface area contributed by atoms with Crippen LogP contribution in [0.1, 0.15) is 31.0 Å². The van der Waals surface area contributed by atoms with E-state index in [1.165, 1.54) is 11.3 Å². The van der Waals surface area contributed by atoms with Crippen molar-refractivity contribution in [1.29, 1.82) is 0 Å². The molecule has 2 heterocycles. The van der Waals surface area contributed by atoms with Crippen LogP contribution in [0.15, 0.2) is 81.7 Å². The van der Waals surface area contributed by atoms with Crippen molar-refractivity contribution in [3.8, 4) is 0 Å². The van der Waals surface area contributed by atoms with Gasteiger partial charge in [0.1, 0.15) is 0 Å². The van der Waals surface area contributed by atoms with E-state index in [9.17, 15) is 9.59 Å². The molecule has 0 spiro atoms. The van der Waals surface area contributed by atoms with Crippen LogP contribution in [0.3, 0.4) is 0 Å². The third-order valence-corrected chi connectivity index (χ3v) is 6.19. The highest BCUT2D eigenvalue weighted by atomic mass is 35.5. The van der Waals surface area contributed by atoms with Crippen molar-refractivity contribution >= 4 is 41.1 Å². The molecule has 2 aromatic carbocycles. The van der Waals surface area contributed by atoms with Crippen molar-refractivity contribution in [2.24, 2.45) is 4.99 Å². The van der Waals surface area contributed by atoms with Crippen molar-refractivity contribution in [3.05, 3.63) is 108 Å². The van der Waals surface area contributed by atoms with Gasteiger partial charge in [0, 0.05) is 5.02 Å². The number of fused-ring (bicyclic) bond motifs is 1. The van der Waals surface area contributed by atoms with Gasteiger partial charge < -0.3 is 4.74 Å². The Balaban J connectivity index is 1.88. The zero-order chi connectivity index (χ0) is 22.7. The summed E-state index contributed by atoms with van der Waals surface area (Å²) in [7, 11) is 0. The van der Waals surface area contributed by atoms with Gasteiger partial charge in [-0.2, -0.15) is 0 Å². The molecule has 1 atom stereocenters. The minimum absolute atomic E-state index is 0.217. The van der Waals surface area contributed by atoms with Gasteiger partial charge in [0.05, 0.1) is 28.5 Å². The van der Waals surface area contributed by atoms with Gasteiger partial charge in [-0.05, 0) is 43.2 Å². The summed E-state index contributed by atoms with van der Waals surface area (Å²) >= 11 is 7.38. The summed E-state index contributed by atoms with van der Waals surface area (Å²) in [5, 5.41) is 0.593. The number of carbonyl (C=O) groups is 1. The van der Waals surface area contributed by atoms with E-state index in [0.29, 0.717) is 25.6 Å². The molecule has 0 saturated heterocycles. The average molecular weight is 465 g/mol. The molecular weight excluding hydrogens is 444 g/mol. The first kappa shape index (κ1) is 22.0. The van der Waals surface area contributed by atoms with Crippen LogP contribution >= 0.6 is 22.9 Å². The van der Waals surface area contributed by atoms with Gasteiger partial charge in [0.25, 0.3) is 5.56 Å². The number of hydrogen-bond donors (Lipinski definition) is 0. The van der Waals surface area contributed by atoms with Crippen molar-refractivity contribution in [2.45, 2.75) is 19.9 Å². The lowest BCUT2D eigenvalue weighted by Gasteiger charge is -2.21. The fourth-order valence-electron chi connectivity index (χ4n) is 3.53. The number of hydrogen-bond acceptors (Lipinski definition) is 5. The predicted octanol–water partition coefficient (Wildman–Crippen LogP) is 4.12. The van der Waals surface area contributed by atoms with Gasteiger partial charge in [-0.25, -0.2) is 9.79 Å². The molecule has 0 bridgehead atoms. The standard InChI is InChI=1S/C25H21ClN2O3S/c1-3-31-24(30)22-16(2)27-25-28(20(22)13-12-17-8-5-4-6-9-17)23(29)21(32-25)15-18-10-7-11-19(26)14-18/h4-15,20H,3H2,1-2H3/b13-12+,21-15+/t20-/m0/s1. The zero-order valence-corrected chi connectivity index (χ0v) is 19.2. The minimum Gasteiger partial charge on any atom is -0.463 e. The topological polar surface area (TPSA) is 60.7 Å². The molecule has 7 heteroatoms. The lowest BCUT2D eigenvalue weighted by Crippen LogP contribution is -2.38. The number of allylic oxidation sites excluding steroid dienone is 2. The normalized spacial score (nSPS) is 16.2. The largest absolute Gasteiger partial charge is 0.463 e. The molecule has 5 nitrogen and oxygen atoms in total. The van der Waals surface area contributed by atoms with Crippen molar-refractivity contribution in [2.75, 3.05) is 6.61 Å². The third-order valence-electron chi connectivity index (χ3n) is 4.98. The first-order chi connectivity index (χ1) is 15.5. The number of ether oxygens (including phenoxy) is 1. The van der Waals surface area contributed by atoms with E-state index in [0.717, 1.165) is 11.1 Å². The smallest absolute Gasteiger partial charge is 0.338 e. The SMILES string of the molecule is CCOC(=O)C1=C(C)N=c2s/c(=C/c3cccc(Cl)c3)c(=O)n2[C@H]1/C=C/c1ccccc1. The van der Waals surface area contributed by atoms with Crippen LogP contribution in [-0.4, -0.2) is 17.1 Å². The Labute approximate surface area is 194 Å². The minimum atomic E-state index is -0.619. The Kier molecular flexibility index (Phi) is 6.53. The third kappa shape index (κ3) is 4.52. The van der Waals surface area contributed by atoms with Gasteiger partial charge in [-0.15, -0.1) is 0 Å². The lowest BCUT2D eigenvalue weighted by molar-refractivity contribution is -0.139. The lowest BCUT2D eigenvalue weighted by atomic mass is 10.0. The van der Waals surface area contributed by atoms with E-state index in [1.807, 2.05) is 54.6 Å². The molecule has 32 heavy (non-hydrogen) atoms. The quantitative estimate of drug-likeness (QED) is 0.534. The van der Waals surface area contributed by atoms with Gasteiger partial charge in [-0.1, -0.05) is 77.6 Å². The zero-order valence-electron chi connectivity index (χ0n) is 17.6. The fraction of sp³-hybridized carbons (Fsp3) is 0.160. The summed E-state index contributed by atoms with van der Waals surface area (Å²) in [6.07, 6.45) is 5.54. The molecular formula is C25H21ClN2O3S. The molecule has 0 radical (unpaired) electrons. The number of nitrogens with zero attached hydrogens (tertiary/aromatic N) is 2. The maximum atomic E-state index is 13.4. The molecule has 0 amide bonds. The summed E-state index contributed by atoms with van der Waals surface area (Å²) < 4.78 is 7.35. The Morgan fingerprint density at radius 1 is 1.19 bits per heavy atom. The summed E-state index contributed by atoms with van der Waals surface area (Å²) in [6.45, 7) is 3.76. The molecule has 0 N–H and O–H groups in total. The first-order valence-corrected chi connectivity index (χ1v) is 11.4. The number of aromatic nitrogens is 1. The van der Waals surface area contributed by atoms with Crippen LogP contribution in [-0.2, 0) is 9.53 Å². The Hall–Kier alpha value is -3.22. The van der Waals surface area contributed by atoms with Crippen LogP contribution < -0.4 is 14.9 Å². The van der Waals surface area contributed by atoms with Gasteiger partial charge in [0.15, 0.2) is 4.80 Å². The van der Waals surface area contributed by atoms with Crippen molar-refractivity contribution in [1.82, 2.24) is 4.57 Å². The van der Waals surface area contributed by atoms with Crippen molar-refractivity contribution in [3.63, 3.8) is 0 Å². The first-order valence-electron chi connectivity index (χ1n) is 10.2. The van der Waals surface area contributed by atoms with Crippen LogP contribution in [0.25, 0.3) is 12.2 Å². The van der Waals surface area contributed by atoms with Crippen molar-refractivity contribution < 1.29 is 9.53 Å². The summed E-state index contributed by atoms with van der Waals surface area (Å²) in [6, 6.07) is 16.4. The van der Waals surface area contributed by atoms with Gasteiger partial charge in [-0.3, -0.25) is 9.36 Å². The molecule has 0 unspecified atom stereocenters. The summed E-state index contributed by atoms with van der Waals surface area (Å²) in [5.41, 5.74) is 2.47. The van der Waals surface area contributed by atoms with Crippen LogP contribution in [0.5, 0.6) is 0 Å². The van der Waals surface area contributed by atoms with E-state index in [1.54, 1.807) is 36.6 Å². The molecule has 162 valence electrons. The number of esters is 1. The van der Waals surface area contributed by atoms with Crippen LogP contribution in [0.2, 0.25) is 5.02 Å². The summed E-state index contributed by atoms with van der Waals surface area (Å²) in [5.74, 6) is -0.472. The van der Waals surface area contributed by atoms with E-state index in [-0.39, 0.29) is 12.2 Å². The molecule has 0 aliphatic carbocycles. The summed E-state index contributed by atoms with van der Waals surface area (Å²) in [4.78, 5) is 31.3. The molecule has 4 rings (SSSR count). The second-order valence-corrected chi connectivity index (χ2v) is 8.61. The average Bonchev–Trinajstić information content (AvgIpc) is 3.07. The second-order valence-electron chi connectivity index (χ2n) is 7.17. The highest BCUT2D eigenvalue weighted by Gasteiger charge is 2.30. The Morgan fingerprint density at radius 2 is 1.94 bits per heavy atom. The van der Waals surface area contributed by atoms with Crippen LogP contribution in [0.4, 0.5) is 0 Å². The second kappa shape index (κ2) is 9.51. The number of benzene rings is 2. The highest BCUT2D eigenvalue weighted by molar-refractivity contribution is 7.07. The van der Waals surface area contributed by atoms with E-state index in [4.69, 9.17) is 16.3 Å². The Morgan fingerprint density at radius 3 is 2.66 bits per heavy atom. The molecule has 3 aromatic rings. The van der Waals surface area contributed by atoms with Gasteiger partial charge in [0.2, 0.25) is 0 Å².